The van der Waals surface area contributed by atoms with E-state index in [0.717, 1.165) is 12.8 Å². The number of amides is 1. The summed E-state index contributed by atoms with van der Waals surface area (Å²) in [5, 5.41) is 3.50. The van der Waals surface area contributed by atoms with Gasteiger partial charge in [-0.15, -0.1) is 0 Å². The highest BCUT2D eigenvalue weighted by atomic mass is 16.2. The molecule has 0 aromatic carbocycles. The molecule has 3 aliphatic rings. The minimum absolute atomic E-state index is 0.119. The molecule has 1 N–H and O–H groups in total. The van der Waals surface area contributed by atoms with Gasteiger partial charge < -0.3 is 4.90 Å². The lowest BCUT2D eigenvalue weighted by Gasteiger charge is -2.30. The second kappa shape index (κ2) is 3.73. The Hall–Kier alpha value is -0.570. The summed E-state index contributed by atoms with van der Waals surface area (Å²) in [6.45, 7) is 2.15. The molecule has 2 saturated carbocycles. The Labute approximate surface area is 97.6 Å². The van der Waals surface area contributed by atoms with Gasteiger partial charge in [-0.3, -0.25) is 10.1 Å². The summed E-state index contributed by atoms with van der Waals surface area (Å²) in [4.78, 5) is 14.5. The fourth-order valence-electron chi connectivity index (χ4n) is 3.46. The van der Waals surface area contributed by atoms with Crippen LogP contribution in [0.1, 0.15) is 58.3 Å². The molecule has 3 rings (SSSR count). The molecule has 3 fully saturated rings. The summed E-state index contributed by atoms with van der Waals surface area (Å²) in [5.41, 5.74) is -0.119. The number of nitrogens with one attached hydrogen (secondary N) is 1. The molecular formula is C13H22N2O. The highest BCUT2D eigenvalue weighted by molar-refractivity contribution is 5.92. The van der Waals surface area contributed by atoms with E-state index in [9.17, 15) is 4.79 Å². The average Bonchev–Trinajstić information content (AvgIpc) is 3.00. The Morgan fingerprint density at radius 3 is 2.31 bits per heavy atom. The first-order chi connectivity index (χ1) is 7.73. The third-order valence-corrected chi connectivity index (χ3v) is 4.51. The summed E-state index contributed by atoms with van der Waals surface area (Å²) in [5.74, 6) is 0.395. The maximum absolute atomic E-state index is 12.4. The lowest BCUT2D eigenvalue weighted by atomic mass is 10.1. The molecule has 1 saturated heterocycles. The van der Waals surface area contributed by atoms with Crippen LogP contribution in [0.15, 0.2) is 0 Å². The van der Waals surface area contributed by atoms with E-state index in [1.54, 1.807) is 0 Å². The molecule has 0 aromatic rings. The van der Waals surface area contributed by atoms with Gasteiger partial charge in [-0.05, 0) is 32.6 Å². The van der Waals surface area contributed by atoms with Gasteiger partial charge in [0, 0.05) is 6.04 Å². The van der Waals surface area contributed by atoms with Gasteiger partial charge in [-0.25, -0.2) is 0 Å². The summed E-state index contributed by atoms with van der Waals surface area (Å²) in [6.07, 6.45) is 10.1. The van der Waals surface area contributed by atoms with E-state index >= 15 is 0 Å². The van der Waals surface area contributed by atoms with Crippen LogP contribution >= 0.6 is 0 Å². The van der Waals surface area contributed by atoms with Crippen LogP contribution in [0.4, 0.5) is 0 Å². The van der Waals surface area contributed by atoms with Crippen LogP contribution in [0.3, 0.4) is 0 Å². The van der Waals surface area contributed by atoms with Crippen LogP contribution in [-0.2, 0) is 4.79 Å². The van der Waals surface area contributed by atoms with Crippen molar-refractivity contribution in [2.75, 3.05) is 0 Å². The Balaban J connectivity index is 1.75. The second-order valence-corrected chi connectivity index (χ2v) is 5.76. The van der Waals surface area contributed by atoms with Crippen LogP contribution in [0, 0.1) is 0 Å². The van der Waals surface area contributed by atoms with Crippen molar-refractivity contribution in [3.63, 3.8) is 0 Å². The smallest absolute Gasteiger partial charge is 0.244 e. The molecule has 16 heavy (non-hydrogen) atoms. The number of nitrogens with zero attached hydrogens (tertiary/aromatic N) is 1. The van der Waals surface area contributed by atoms with E-state index in [1.807, 2.05) is 0 Å². The van der Waals surface area contributed by atoms with Crippen LogP contribution in [-0.4, -0.2) is 28.6 Å². The predicted molar refractivity (Wildman–Crippen MR) is 62.9 cm³/mol. The van der Waals surface area contributed by atoms with E-state index in [2.05, 4.69) is 17.1 Å². The summed E-state index contributed by atoms with van der Waals surface area (Å²) in [6, 6.07) is 0.512. The fraction of sp³-hybridized carbons (Fsp3) is 0.923. The topological polar surface area (TPSA) is 32.3 Å². The van der Waals surface area contributed by atoms with E-state index in [0.29, 0.717) is 11.9 Å². The molecule has 1 heterocycles. The Kier molecular flexibility index (Phi) is 2.46. The quantitative estimate of drug-likeness (QED) is 0.688. The van der Waals surface area contributed by atoms with Crippen molar-refractivity contribution in [1.82, 2.24) is 10.2 Å². The van der Waals surface area contributed by atoms with Crippen molar-refractivity contribution in [2.45, 2.75) is 76.0 Å². The minimum Gasteiger partial charge on any atom is -0.323 e. The minimum atomic E-state index is -0.119. The molecule has 0 aromatic heterocycles. The normalized spacial score (nSPS) is 34.4. The number of carbonyl (C=O) groups excluding carboxylic acids is 1. The van der Waals surface area contributed by atoms with E-state index < -0.39 is 0 Å². The van der Waals surface area contributed by atoms with Crippen molar-refractivity contribution in [3.05, 3.63) is 0 Å². The first-order valence-electron chi connectivity index (χ1n) is 6.83. The SMILES string of the molecule is CC1NC2(CC2)C(=O)N1C1CCCCCC1. The molecule has 0 radical (unpaired) electrons. The van der Waals surface area contributed by atoms with E-state index in [4.69, 9.17) is 0 Å². The molecular weight excluding hydrogens is 200 g/mol. The van der Waals surface area contributed by atoms with Crippen LogP contribution in [0.2, 0.25) is 0 Å². The standard InChI is InChI=1S/C13H22N2O/c1-10-14-13(8-9-13)12(16)15(10)11-6-4-2-3-5-7-11/h10-11,14H,2-9H2,1H3. The van der Waals surface area contributed by atoms with Crippen molar-refractivity contribution < 1.29 is 4.79 Å². The number of carbonyl (C=O) groups is 1. The van der Waals surface area contributed by atoms with Gasteiger partial charge in [0.05, 0.1) is 11.7 Å². The molecule has 3 nitrogen and oxygen atoms in total. The largest absolute Gasteiger partial charge is 0.323 e. The van der Waals surface area contributed by atoms with Gasteiger partial charge in [0.2, 0.25) is 5.91 Å². The summed E-state index contributed by atoms with van der Waals surface area (Å²) in [7, 11) is 0. The number of hydrogen-bond acceptors (Lipinski definition) is 2. The van der Waals surface area contributed by atoms with Gasteiger partial charge in [-0.1, -0.05) is 25.7 Å². The third kappa shape index (κ3) is 1.56. The van der Waals surface area contributed by atoms with Crippen molar-refractivity contribution in [3.8, 4) is 0 Å². The highest BCUT2D eigenvalue weighted by Gasteiger charge is 2.59. The van der Waals surface area contributed by atoms with Gasteiger partial charge in [0.1, 0.15) is 0 Å². The van der Waals surface area contributed by atoms with Crippen LogP contribution in [0.25, 0.3) is 0 Å². The first kappa shape index (κ1) is 10.6. The van der Waals surface area contributed by atoms with Crippen molar-refractivity contribution in [2.24, 2.45) is 0 Å². The lowest BCUT2D eigenvalue weighted by molar-refractivity contribution is -0.133. The predicted octanol–water partition coefficient (Wildman–Crippen LogP) is 2.02. The monoisotopic (exact) mass is 222 g/mol. The van der Waals surface area contributed by atoms with Gasteiger partial charge in [0.15, 0.2) is 0 Å². The van der Waals surface area contributed by atoms with Gasteiger partial charge in [-0.2, -0.15) is 0 Å². The molecule has 1 aliphatic heterocycles. The van der Waals surface area contributed by atoms with E-state index in [1.165, 1.54) is 38.5 Å². The Bertz CT molecular complexity index is 290. The zero-order valence-corrected chi connectivity index (χ0v) is 10.2. The average molecular weight is 222 g/mol. The van der Waals surface area contributed by atoms with Crippen LogP contribution in [0.5, 0.6) is 0 Å². The molecule has 90 valence electrons. The number of rotatable bonds is 1. The van der Waals surface area contributed by atoms with Gasteiger partial charge >= 0.3 is 0 Å². The van der Waals surface area contributed by atoms with Crippen molar-refractivity contribution in [1.29, 1.82) is 0 Å². The zero-order chi connectivity index (χ0) is 11.2. The summed E-state index contributed by atoms with van der Waals surface area (Å²) < 4.78 is 0. The third-order valence-electron chi connectivity index (χ3n) is 4.51. The summed E-state index contributed by atoms with van der Waals surface area (Å²) >= 11 is 0. The zero-order valence-electron chi connectivity index (χ0n) is 10.2. The Morgan fingerprint density at radius 2 is 1.81 bits per heavy atom. The fourth-order valence-corrected chi connectivity index (χ4v) is 3.46. The number of hydrogen-bond donors (Lipinski definition) is 1. The second-order valence-electron chi connectivity index (χ2n) is 5.76. The first-order valence-corrected chi connectivity index (χ1v) is 6.83. The molecule has 3 heteroatoms. The molecule has 2 aliphatic carbocycles. The molecule has 1 spiro atoms. The lowest BCUT2D eigenvalue weighted by Crippen LogP contribution is -2.42. The van der Waals surface area contributed by atoms with Gasteiger partial charge in [0.25, 0.3) is 0 Å². The maximum atomic E-state index is 12.4. The highest BCUT2D eigenvalue weighted by Crippen LogP contribution is 2.43. The van der Waals surface area contributed by atoms with Crippen LogP contribution < -0.4 is 5.32 Å². The van der Waals surface area contributed by atoms with Crippen molar-refractivity contribution >= 4 is 5.91 Å². The molecule has 1 amide bonds. The molecule has 1 atom stereocenters. The molecule has 1 unspecified atom stereocenters. The molecule has 0 bridgehead atoms. The van der Waals surface area contributed by atoms with E-state index in [-0.39, 0.29) is 11.7 Å². The Morgan fingerprint density at radius 1 is 1.19 bits per heavy atom. The maximum Gasteiger partial charge on any atom is 0.244 e.